The summed E-state index contributed by atoms with van der Waals surface area (Å²) in [6.45, 7) is 4.58. The van der Waals surface area contributed by atoms with Gasteiger partial charge in [-0.2, -0.15) is 5.10 Å². The number of carboxylic acid groups (broad SMARTS) is 1. The molecule has 138 valence electrons. The van der Waals surface area contributed by atoms with Crippen molar-refractivity contribution >= 4 is 17.7 Å². The summed E-state index contributed by atoms with van der Waals surface area (Å²) in [5.41, 5.74) is 8.94. The average Bonchev–Trinajstić information content (AvgIpc) is 3.02. The Morgan fingerprint density at radius 1 is 1.38 bits per heavy atom. The van der Waals surface area contributed by atoms with Gasteiger partial charge >= 0.3 is 6.09 Å². The first-order valence-electron chi connectivity index (χ1n) is 8.56. The van der Waals surface area contributed by atoms with Gasteiger partial charge in [-0.25, -0.2) is 4.79 Å². The zero-order valence-corrected chi connectivity index (χ0v) is 14.8. The number of hydrogen-bond donors (Lipinski definition) is 3. The van der Waals surface area contributed by atoms with E-state index in [1.54, 1.807) is 15.8 Å². The van der Waals surface area contributed by atoms with Crippen LogP contribution in [0.1, 0.15) is 31.9 Å². The Morgan fingerprint density at radius 3 is 2.81 bits per heavy atom. The summed E-state index contributed by atoms with van der Waals surface area (Å²) in [5.74, 6) is -0.0592. The molecule has 0 bridgehead atoms. The van der Waals surface area contributed by atoms with Crippen LogP contribution in [0.2, 0.25) is 0 Å². The van der Waals surface area contributed by atoms with E-state index in [-0.39, 0.29) is 18.0 Å². The maximum Gasteiger partial charge on any atom is 0.405 e. The molecule has 8 nitrogen and oxygen atoms in total. The highest BCUT2D eigenvalue weighted by atomic mass is 16.4. The number of anilines is 1. The Balaban J connectivity index is 2.04. The van der Waals surface area contributed by atoms with E-state index in [1.807, 2.05) is 31.3 Å². The highest BCUT2D eigenvalue weighted by molar-refractivity contribution is 5.94. The van der Waals surface area contributed by atoms with E-state index in [2.05, 4.69) is 10.4 Å². The second-order valence-electron chi connectivity index (χ2n) is 6.53. The van der Waals surface area contributed by atoms with E-state index in [0.717, 1.165) is 22.4 Å². The van der Waals surface area contributed by atoms with Gasteiger partial charge in [-0.1, -0.05) is 6.07 Å². The molecule has 8 heteroatoms. The molecule has 0 aliphatic carbocycles. The quantitative estimate of drug-likeness (QED) is 0.774. The summed E-state index contributed by atoms with van der Waals surface area (Å²) in [5, 5.41) is 16.0. The monoisotopic (exact) mass is 357 g/mol. The first-order valence-corrected chi connectivity index (χ1v) is 8.56. The topological polar surface area (TPSA) is 113 Å². The molecule has 0 fully saturated rings. The van der Waals surface area contributed by atoms with Gasteiger partial charge < -0.3 is 21.1 Å². The van der Waals surface area contributed by atoms with E-state index in [4.69, 9.17) is 5.73 Å². The van der Waals surface area contributed by atoms with Crippen molar-refractivity contribution in [3.8, 4) is 11.1 Å². The number of fused-ring (bicyclic) bond motifs is 1. The third-order valence-electron chi connectivity index (χ3n) is 4.64. The predicted octanol–water partition coefficient (Wildman–Crippen LogP) is 1.96. The molecule has 1 aliphatic heterocycles. The van der Waals surface area contributed by atoms with E-state index < -0.39 is 6.09 Å². The number of carbonyl (C=O) groups is 2. The third-order valence-corrected chi connectivity index (χ3v) is 4.64. The van der Waals surface area contributed by atoms with E-state index in [0.29, 0.717) is 19.5 Å². The van der Waals surface area contributed by atoms with Crippen molar-refractivity contribution in [2.24, 2.45) is 5.73 Å². The van der Waals surface area contributed by atoms with Crippen LogP contribution < -0.4 is 16.0 Å². The van der Waals surface area contributed by atoms with Gasteiger partial charge in [0.25, 0.3) is 0 Å². The third kappa shape index (κ3) is 3.41. The Kier molecular flexibility index (Phi) is 4.94. The number of benzene rings is 1. The van der Waals surface area contributed by atoms with Crippen molar-refractivity contribution in [2.45, 2.75) is 38.9 Å². The molecule has 0 radical (unpaired) electrons. The first kappa shape index (κ1) is 17.9. The van der Waals surface area contributed by atoms with Crippen molar-refractivity contribution in [2.75, 3.05) is 11.4 Å². The molecule has 2 atom stereocenters. The van der Waals surface area contributed by atoms with Crippen LogP contribution in [0.25, 0.3) is 11.1 Å². The Morgan fingerprint density at radius 2 is 2.15 bits per heavy atom. The number of hydrogen-bond acceptors (Lipinski definition) is 4. The molecule has 3 rings (SSSR count). The van der Waals surface area contributed by atoms with E-state index in [9.17, 15) is 14.7 Å². The van der Waals surface area contributed by atoms with E-state index >= 15 is 0 Å². The molecule has 0 saturated carbocycles. The Hall–Kier alpha value is -2.87. The van der Waals surface area contributed by atoms with Crippen LogP contribution in [0.5, 0.6) is 0 Å². The zero-order valence-electron chi connectivity index (χ0n) is 14.8. The van der Waals surface area contributed by atoms with Crippen molar-refractivity contribution in [3.05, 3.63) is 36.2 Å². The number of nitrogens with one attached hydrogen (secondary N) is 1. The Labute approximate surface area is 151 Å². The molecule has 0 saturated heterocycles. The molecule has 2 aromatic rings. The lowest BCUT2D eigenvalue weighted by Crippen LogP contribution is -2.45. The predicted molar refractivity (Wildman–Crippen MR) is 97.9 cm³/mol. The molecule has 1 aromatic carbocycles. The molecule has 0 spiro atoms. The maximum atomic E-state index is 12.1. The van der Waals surface area contributed by atoms with Crippen LogP contribution in [-0.4, -0.2) is 39.5 Å². The molecule has 2 heterocycles. The lowest BCUT2D eigenvalue weighted by molar-refractivity contribution is -0.117. The number of aromatic nitrogens is 2. The number of nitrogens with two attached hydrogens (primary N) is 1. The van der Waals surface area contributed by atoms with Crippen LogP contribution in [0.15, 0.2) is 30.6 Å². The molecule has 26 heavy (non-hydrogen) atoms. The van der Waals surface area contributed by atoms with Crippen molar-refractivity contribution in [3.63, 3.8) is 0 Å². The van der Waals surface area contributed by atoms with Gasteiger partial charge in [-0.15, -0.1) is 0 Å². The SMILES string of the molecule is CC(=O)N1c2ccc(-c3cnn(CCN)c3)cc2C(NC(=O)O)CC1C. The maximum absolute atomic E-state index is 12.1. The van der Waals surface area contributed by atoms with E-state index in [1.165, 1.54) is 6.92 Å². The second-order valence-corrected chi connectivity index (χ2v) is 6.53. The minimum Gasteiger partial charge on any atom is -0.465 e. The van der Waals surface area contributed by atoms with Gasteiger partial charge in [-0.3, -0.25) is 9.48 Å². The fraction of sp³-hybridized carbons (Fsp3) is 0.389. The summed E-state index contributed by atoms with van der Waals surface area (Å²) >= 11 is 0. The second kappa shape index (κ2) is 7.17. The van der Waals surface area contributed by atoms with Crippen molar-refractivity contribution in [1.82, 2.24) is 15.1 Å². The van der Waals surface area contributed by atoms with Crippen LogP contribution in [-0.2, 0) is 11.3 Å². The highest BCUT2D eigenvalue weighted by Gasteiger charge is 2.33. The first-order chi connectivity index (χ1) is 12.4. The van der Waals surface area contributed by atoms with Gasteiger partial charge in [0.05, 0.1) is 18.8 Å². The summed E-state index contributed by atoms with van der Waals surface area (Å²) < 4.78 is 1.77. The van der Waals surface area contributed by atoms with Crippen LogP contribution in [0, 0.1) is 0 Å². The minimum atomic E-state index is -1.08. The molecule has 2 amide bonds. The van der Waals surface area contributed by atoms with Crippen molar-refractivity contribution in [1.29, 1.82) is 0 Å². The van der Waals surface area contributed by atoms with Crippen LogP contribution >= 0.6 is 0 Å². The molecule has 2 unspecified atom stereocenters. The lowest BCUT2D eigenvalue weighted by atomic mass is 9.89. The summed E-state index contributed by atoms with van der Waals surface area (Å²) in [4.78, 5) is 25.0. The lowest BCUT2D eigenvalue weighted by Gasteiger charge is -2.39. The highest BCUT2D eigenvalue weighted by Crippen LogP contribution is 2.39. The fourth-order valence-electron chi connectivity index (χ4n) is 3.58. The minimum absolute atomic E-state index is 0.0592. The van der Waals surface area contributed by atoms with Gasteiger partial charge in [0.15, 0.2) is 0 Å². The van der Waals surface area contributed by atoms with Gasteiger partial charge in [0.2, 0.25) is 5.91 Å². The molecule has 1 aromatic heterocycles. The number of amides is 2. The standard InChI is InChI=1S/C18H23N5O3/c1-11-7-16(21-18(25)26)15-8-13(3-4-17(15)23(11)12(2)24)14-9-20-22(10-14)6-5-19/h3-4,8-11,16,21H,5-7,19H2,1-2H3,(H,25,26). The Bertz CT molecular complexity index is 832. The number of carbonyl (C=O) groups excluding carboxylic acids is 1. The zero-order chi connectivity index (χ0) is 18.8. The number of nitrogens with zero attached hydrogens (tertiary/aromatic N) is 3. The molecular formula is C18H23N5O3. The molecular weight excluding hydrogens is 334 g/mol. The van der Waals surface area contributed by atoms with Crippen molar-refractivity contribution < 1.29 is 14.7 Å². The average molecular weight is 357 g/mol. The fourth-order valence-corrected chi connectivity index (χ4v) is 3.58. The smallest absolute Gasteiger partial charge is 0.405 e. The van der Waals surface area contributed by atoms with Crippen LogP contribution in [0.4, 0.5) is 10.5 Å². The molecule has 4 N–H and O–H groups in total. The van der Waals surface area contributed by atoms with Crippen LogP contribution in [0.3, 0.4) is 0 Å². The summed E-state index contributed by atoms with van der Waals surface area (Å²) in [6, 6.07) is 5.27. The summed E-state index contributed by atoms with van der Waals surface area (Å²) in [7, 11) is 0. The summed E-state index contributed by atoms with van der Waals surface area (Å²) in [6.07, 6.45) is 3.10. The van der Waals surface area contributed by atoms with Gasteiger partial charge in [0, 0.05) is 37.0 Å². The van der Waals surface area contributed by atoms with Gasteiger partial charge in [0.1, 0.15) is 0 Å². The number of rotatable bonds is 4. The molecule has 1 aliphatic rings. The largest absolute Gasteiger partial charge is 0.465 e. The van der Waals surface area contributed by atoms with Gasteiger partial charge in [-0.05, 0) is 36.6 Å². The normalized spacial score (nSPS) is 19.1.